The largest absolute Gasteiger partial charge is 0.344 e. The average Bonchev–Trinajstić information content (AvgIpc) is 3.92. The molecule has 5 aliphatic rings. The number of amides is 2. The van der Waals surface area contributed by atoms with E-state index in [2.05, 4.69) is 234 Å². The summed E-state index contributed by atoms with van der Waals surface area (Å²) in [4.78, 5) is 36.6. The third kappa shape index (κ3) is 9.04. The molecule has 0 spiro atoms. The summed E-state index contributed by atoms with van der Waals surface area (Å²) in [6, 6.07) is 34.8. The molecule has 4 aromatic carbocycles. The minimum atomic E-state index is -0.280. The van der Waals surface area contributed by atoms with Gasteiger partial charge in [0, 0.05) is 121 Å². The number of hydrogen-bond acceptors (Lipinski definition) is 4. The zero-order chi connectivity index (χ0) is 51.0. The second-order valence-electron chi connectivity index (χ2n) is 22.3. The van der Waals surface area contributed by atoms with E-state index in [0.717, 1.165) is 50.3 Å². The van der Waals surface area contributed by atoms with Crippen molar-refractivity contribution in [1.29, 1.82) is 0 Å². The van der Waals surface area contributed by atoms with Gasteiger partial charge < -0.3 is 19.6 Å². The smallest absolute Gasteiger partial charge is 0.288 e. The Morgan fingerprint density at radius 1 is 0.486 bits per heavy atom. The molecule has 0 bridgehead atoms. The first-order valence-electron chi connectivity index (χ1n) is 26.8. The maximum atomic E-state index is 14.2. The van der Waals surface area contributed by atoms with Crippen molar-refractivity contribution in [3.05, 3.63) is 179 Å². The van der Waals surface area contributed by atoms with Crippen molar-refractivity contribution in [3.63, 3.8) is 0 Å². The average molecular weight is 963 g/mol. The van der Waals surface area contributed by atoms with Gasteiger partial charge in [0.15, 0.2) is 11.4 Å². The van der Waals surface area contributed by atoms with E-state index in [0.29, 0.717) is 32.6 Å². The molecule has 374 valence electrons. The molecule has 0 aliphatic carbocycles. The summed E-state index contributed by atoms with van der Waals surface area (Å²) in [7, 11) is 0. The highest BCUT2D eigenvalue weighted by Gasteiger charge is 2.47. The fourth-order valence-corrected chi connectivity index (χ4v) is 12.6. The fourth-order valence-electron chi connectivity index (χ4n) is 12.6. The first-order valence-corrected chi connectivity index (χ1v) is 26.8. The Kier molecular flexibility index (Phi) is 14.1. The first-order chi connectivity index (χ1) is 34.5. The van der Waals surface area contributed by atoms with Crippen molar-refractivity contribution in [2.45, 2.75) is 117 Å². The molecule has 72 heavy (non-hydrogen) atoms. The molecule has 0 radical (unpaired) electrons. The number of carbonyl (C=O) groups excluding carboxylic acids is 2. The molecular weight excluding hydrogens is 885 g/mol. The van der Waals surface area contributed by atoms with Gasteiger partial charge in [0.2, 0.25) is 23.8 Å². The number of piperazine rings is 1. The normalized spacial score (nSPS) is 20.5. The fraction of sp³-hybridized carbons (Fsp3) is 0.406. The summed E-state index contributed by atoms with van der Waals surface area (Å²) in [5, 5.41) is 0. The van der Waals surface area contributed by atoms with E-state index in [-0.39, 0.29) is 40.0 Å². The second kappa shape index (κ2) is 20.2. The topological polar surface area (TPSA) is 53.1 Å². The molecule has 1 fully saturated rings. The highest BCUT2D eigenvalue weighted by Crippen LogP contribution is 2.49. The van der Waals surface area contributed by atoms with Crippen molar-refractivity contribution in [2.75, 3.05) is 62.2 Å². The zero-order valence-corrected chi connectivity index (χ0v) is 44.8. The number of rotatable bonds is 15. The van der Waals surface area contributed by atoms with E-state index in [1.807, 2.05) is 9.80 Å². The maximum absolute atomic E-state index is 14.2. The second-order valence-corrected chi connectivity index (χ2v) is 22.3. The van der Waals surface area contributed by atoms with Crippen LogP contribution < -0.4 is 9.80 Å². The van der Waals surface area contributed by atoms with Crippen molar-refractivity contribution in [2.24, 2.45) is 0 Å². The van der Waals surface area contributed by atoms with Crippen LogP contribution >= 0.6 is 0 Å². The molecule has 0 aromatic heterocycles. The number of nitrogens with zero attached hydrogens (tertiary/aromatic N) is 6. The molecule has 5 aliphatic heterocycles. The summed E-state index contributed by atoms with van der Waals surface area (Å²) in [6.07, 6.45) is 21.1. The number of hydrogen-bond donors (Lipinski definition) is 0. The molecule has 8 nitrogen and oxygen atoms in total. The molecule has 0 N–H and O–H groups in total. The van der Waals surface area contributed by atoms with Crippen molar-refractivity contribution in [1.82, 2.24) is 9.80 Å². The number of likely N-dealkylation sites (N-methyl/N-ethyl adjacent to an activating group) is 2. The Morgan fingerprint density at radius 2 is 0.931 bits per heavy atom. The van der Waals surface area contributed by atoms with Crippen LogP contribution in [0.2, 0.25) is 0 Å². The summed E-state index contributed by atoms with van der Waals surface area (Å²) in [6.45, 7) is 28.1. The molecule has 8 heteroatoms. The molecule has 4 aromatic rings. The Balaban J connectivity index is 0.799. The molecule has 0 saturated carbocycles. The van der Waals surface area contributed by atoms with E-state index in [1.165, 1.54) is 56.4 Å². The number of allylic oxidation sites excluding steroid dienone is 10. The van der Waals surface area contributed by atoms with E-state index >= 15 is 0 Å². The maximum Gasteiger partial charge on any atom is 0.288 e. The number of carbonyl (C=O) groups is 2. The minimum Gasteiger partial charge on any atom is -0.344 e. The molecule has 9 rings (SSSR count). The van der Waals surface area contributed by atoms with Crippen LogP contribution in [0, 0.1) is 0 Å². The predicted molar refractivity (Wildman–Crippen MR) is 299 cm³/mol. The third-order valence-corrected chi connectivity index (χ3v) is 16.6. The van der Waals surface area contributed by atoms with Crippen LogP contribution in [0.25, 0.3) is 0 Å². The van der Waals surface area contributed by atoms with Crippen LogP contribution in [0.15, 0.2) is 157 Å². The predicted octanol–water partition coefficient (Wildman–Crippen LogP) is 12.4. The van der Waals surface area contributed by atoms with Gasteiger partial charge in [-0.2, -0.15) is 9.15 Å². The van der Waals surface area contributed by atoms with Gasteiger partial charge in [-0.3, -0.25) is 9.59 Å². The Bertz CT molecular complexity index is 2960. The van der Waals surface area contributed by atoms with Crippen LogP contribution in [-0.2, 0) is 31.2 Å². The number of unbranched alkanes of at least 4 members (excludes halogenated alkanes) is 2. The molecule has 0 atom stereocenters. The standard InChI is InChI=1S/C64H78N6O2/c1-11-67-51-32-22-18-28-47(51)61(3,4)55(67)36-15-13-16-37-57-63(7,8)49-30-20-24-34-53(49)69(57)41-26-14-17-40-59(71)65-42-44-66(45-43-65)60(72)46-70-54-35-25-21-31-50(54)64(9,10)58(70)39-27-38-56-62(5,6)48-29-19-23-33-52(48)68(56)12-2/h13,15-16,18-25,27-39H,11-12,14,17,26,40-46H2,1-10H3/q+2. The van der Waals surface area contributed by atoms with Crippen molar-refractivity contribution in [3.8, 4) is 0 Å². The van der Waals surface area contributed by atoms with Crippen LogP contribution in [0.5, 0.6) is 0 Å². The molecule has 0 unspecified atom stereocenters. The van der Waals surface area contributed by atoms with Gasteiger partial charge in [-0.05, 0) is 89.8 Å². The van der Waals surface area contributed by atoms with E-state index < -0.39 is 0 Å². The van der Waals surface area contributed by atoms with E-state index in [9.17, 15) is 9.59 Å². The summed E-state index contributed by atoms with van der Waals surface area (Å²) in [5.74, 6) is 0.288. The van der Waals surface area contributed by atoms with E-state index in [4.69, 9.17) is 0 Å². The first kappa shape index (κ1) is 50.4. The van der Waals surface area contributed by atoms with Crippen LogP contribution in [0.1, 0.15) is 117 Å². The number of fused-ring (bicyclic) bond motifs is 4. The van der Waals surface area contributed by atoms with Gasteiger partial charge in [0.05, 0.1) is 10.8 Å². The molecular formula is C64H78N6O2+2. The molecule has 1 saturated heterocycles. The highest BCUT2D eigenvalue weighted by molar-refractivity contribution is 6.04. The van der Waals surface area contributed by atoms with Gasteiger partial charge in [0.1, 0.15) is 6.54 Å². The van der Waals surface area contributed by atoms with Crippen LogP contribution in [0.3, 0.4) is 0 Å². The summed E-state index contributed by atoms with van der Waals surface area (Å²) < 4.78 is 4.72. The Labute approximate surface area is 430 Å². The summed E-state index contributed by atoms with van der Waals surface area (Å²) >= 11 is 0. The summed E-state index contributed by atoms with van der Waals surface area (Å²) in [5.41, 5.74) is 14.7. The quantitative estimate of drug-likeness (QED) is 0.0677. The minimum absolute atomic E-state index is 0.0536. The third-order valence-electron chi connectivity index (χ3n) is 16.6. The number of para-hydroxylation sites is 4. The van der Waals surface area contributed by atoms with Crippen molar-refractivity contribution >= 4 is 46.0 Å². The Morgan fingerprint density at radius 3 is 1.47 bits per heavy atom. The van der Waals surface area contributed by atoms with E-state index in [1.54, 1.807) is 0 Å². The zero-order valence-electron chi connectivity index (χ0n) is 44.8. The monoisotopic (exact) mass is 963 g/mol. The van der Waals surface area contributed by atoms with Gasteiger partial charge >= 0.3 is 0 Å². The lowest BCUT2D eigenvalue weighted by atomic mass is 9.81. The highest BCUT2D eigenvalue weighted by atomic mass is 16.2. The van der Waals surface area contributed by atoms with Gasteiger partial charge in [-0.25, -0.2) is 0 Å². The lowest BCUT2D eigenvalue weighted by Crippen LogP contribution is -2.52. The van der Waals surface area contributed by atoms with Gasteiger partial charge in [-0.15, -0.1) is 0 Å². The van der Waals surface area contributed by atoms with Crippen molar-refractivity contribution < 1.29 is 18.7 Å². The number of anilines is 2. The molecule has 2 amide bonds. The van der Waals surface area contributed by atoms with Gasteiger partial charge in [0.25, 0.3) is 5.91 Å². The molecule has 5 heterocycles. The van der Waals surface area contributed by atoms with Crippen LogP contribution in [-0.4, -0.2) is 94.5 Å². The van der Waals surface area contributed by atoms with Crippen LogP contribution in [0.4, 0.5) is 22.7 Å². The lowest BCUT2D eigenvalue weighted by molar-refractivity contribution is -0.438. The lowest BCUT2D eigenvalue weighted by Gasteiger charge is -2.34. The van der Waals surface area contributed by atoms with Gasteiger partial charge in [-0.1, -0.05) is 125 Å². The SMILES string of the molecule is CCN1/C(=C/C=C/C=C/C2=[N+](CCCCCC(=O)N3CCN(C(=O)C[N+]4=C(/C=C/C=C5/N(CC)c6ccccc6C5(C)C)C(C)(C)c5ccccc54)CC3)c3ccccc3C2(C)C)C(C)(C)c2ccccc21. The Hall–Kier alpha value is -6.54. The number of benzene rings is 4.